The molecule has 0 aromatic heterocycles. The van der Waals surface area contributed by atoms with Crippen molar-refractivity contribution >= 4 is 11.9 Å². The molecule has 0 aromatic rings. The number of hydrogen-bond acceptors (Lipinski definition) is 4. The van der Waals surface area contributed by atoms with Crippen LogP contribution in [0.25, 0.3) is 0 Å². The molecule has 2 heterocycles. The van der Waals surface area contributed by atoms with Gasteiger partial charge in [-0.25, -0.2) is 4.79 Å². The predicted octanol–water partition coefficient (Wildman–Crippen LogP) is -0.680. The Bertz CT molecular complexity index is 358. The fraction of sp³-hybridized carbons (Fsp3) is 0.846. The summed E-state index contributed by atoms with van der Waals surface area (Å²) in [6.45, 7) is 4.39. The molecule has 114 valence electrons. The summed E-state index contributed by atoms with van der Waals surface area (Å²) in [4.78, 5) is 29.1. The third kappa shape index (κ3) is 3.83. The topological polar surface area (TPSA) is 79.1 Å². The lowest BCUT2D eigenvalue weighted by molar-refractivity contribution is -0.119. The highest BCUT2D eigenvalue weighted by atomic mass is 16.5. The molecule has 2 aliphatic heterocycles. The fourth-order valence-corrected chi connectivity index (χ4v) is 2.85. The molecule has 2 rings (SSSR count). The van der Waals surface area contributed by atoms with E-state index < -0.39 is 0 Å². The molecule has 0 aliphatic carbocycles. The van der Waals surface area contributed by atoms with Crippen LogP contribution in [0.4, 0.5) is 4.79 Å². The predicted molar refractivity (Wildman–Crippen MR) is 74.2 cm³/mol. The van der Waals surface area contributed by atoms with Gasteiger partial charge in [-0.05, 0) is 19.4 Å². The molecular formula is C13H24N4O3. The Kier molecular flexibility index (Phi) is 5.19. The third-order valence-corrected chi connectivity index (χ3v) is 3.99. The Labute approximate surface area is 119 Å². The number of piperidine rings is 1. The Balaban J connectivity index is 1.88. The lowest BCUT2D eigenvalue weighted by atomic mass is 10.0. The van der Waals surface area contributed by atoms with Crippen molar-refractivity contribution in [3.8, 4) is 0 Å². The molecule has 2 aliphatic rings. The quantitative estimate of drug-likeness (QED) is 0.745. The van der Waals surface area contributed by atoms with Gasteiger partial charge in [0.15, 0.2) is 0 Å². The first-order chi connectivity index (χ1) is 9.58. The molecule has 7 nitrogen and oxygen atoms in total. The van der Waals surface area contributed by atoms with Crippen LogP contribution in [0.15, 0.2) is 0 Å². The average molecular weight is 284 g/mol. The minimum Gasteiger partial charge on any atom is -0.378 e. The van der Waals surface area contributed by atoms with Crippen LogP contribution in [0, 0.1) is 0 Å². The summed E-state index contributed by atoms with van der Waals surface area (Å²) in [5.74, 6) is -0.312. The van der Waals surface area contributed by atoms with Gasteiger partial charge in [-0.1, -0.05) is 0 Å². The van der Waals surface area contributed by atoms with E-state index in [1.807, 2.05) is 16.8 Å². The van der Waals surface area contributed by atoms with Crippen molar-refractivity contribution in [1.82, 2.24) is 14.7 Å². The van der Waals surface area contributed by atoms with Crippen LogP contribution >= 0.6 is 0 Å². The van der Waals surface area contributed by atoms with E-state index in [-0.39, 0.29) is 24.5 Å². The van der Waals surface area contributed by atoms with E-state index in [4.69, 9.17) is 10.5 Å². The van der Waals surface area contributed by atoms with E-state index in [0.29, 0.717) is 26.3 Å². The second-order valence-corrected chi connectivity index (χ2v) is 5.49. The van der Waals surface area contributed by atoms with Crippen molar-refractivity contribution in [2.24, 2.45) is 5.73 Å². The van der Waals surface area contributed by atoms with Gasteiger partial charge in [0.2, 0.25) is 5.91 Å². The van der Waals surface area contributed by atoms with Gasteiger partial charge in [-0.2, -0.15) is 0 Å². The number of ether oxygens (including phenoxy) is 1. The van der Waals surface area contributed by atoms with Crippen LogP contribution in [-0.2, 0) is 9.53 Å². The molecule has 1 atom stereocenters. The zero-order chi connectivity index (χ0) is 14.5. The number of rotatable bonds is 3. The highest BCUT2D eigenvalue weighted by molar-refractivity contribution is 5.76. The Hall–Kier alpha value is -1.34. The van der Waals surface area contributed by atoms with Gasteiger partial charge in [-0.3, -0.25) is 9.69 Å². The van der Waals surface area contributed by atoms with Crippen molar-refractivity contribution in [1.29, 1.82) is 0 Å². The summed E-state index contributed by atoms with van der Waals surface area (Å²) in [5, 5.41) is 0. The van der Waals surface area contributed by atoms with Gasteiger partial charge in [0.25, 0.3) is 0 Å². The number of nitrogens with two attached hydrogens (primary N) is 1. The molecule has 0 bridgehead atoms. The number of amides is 3. The van der Waals surface area contributed by atoms with Gasteiger partial charge < -0.3 is 20.3 Å². The number of morpholine rings is 1. The van der Waals surface area contributed by atoms with Gasteiger partial charge >= 0.3 is 6.03 Å². The lowest BCUT2D eigenvalue weighted by Crippen LogP contribution is -2.54. The molecule has 0 aromatic carbocycles. The molecule has 2 fully saturated rings. The van der Waals surface area contributed by atoms with Gasteiger partial charge in [0.05, 0.1) is 19.8 Å². The Morgan fingerprint density at radius 3 is 2.65 bits per heavy atom. The molecule has 0 radical (unpaired) electrons. The fourth-order valence-electron chi connectivity index (χ4n) is 2.85. The highest BCUT2D eigenvalue weighted by Crippen LogP contribution is 2.16. The van der Waals surface area contributed by atoms with E-state index in [0.717, 1.165) is 25.9 Å². The third-order valence-electron chi connectivity index (χ3n) is 3.99. The Morgan fingerprint density at radius 1 is 1.30 bits per heavy atom. The first-order valence-electron chi connectivity index (χ1n) is 7.18. The van der Waals surface area contributed by atoms with E-state index >= 15 is 0 Å². The minimum absolute atomic E-state index is 0.0548. The van der Waals surface area contributed by atoms with Crippen molar-refractivity contribution < 1.29 is 14.3 Å². The number of carbonyl (C=O) groups is 2. The normalized spacial score (nSPS) is 24.4. The van der Waals surface area contributed by atoms with E-state index in [1.165, 1.54) is 0 Å². The van der Waals surface area contributed by atoms with Gasteiger partial charge in [0.1, 0.15) is 0 Å². The molecular weight excluding hydrogens is 260 g/mol. The summed E-state index contributed by atoms with van der Waals surface area (Å²) in [5.41, 5.74) is 5.24. The molecule has 0 saturated carbocycles. The maximum atomic E-state index is 12.4. The van der Waals surface area contributed by atoms with E-state index in [2.05, 4.69) is 0 Å². The van der Waals surface area contributed by atoms with Crippen molar-refractivity contribution in [3.05, 3.63) is 0 Å². The van der Waals surface area contributed by atoms with Gasteiger partial charge in [0, 0.05) is 32.7 Å². The maximum absolute atomic E-state index is 12.4. The molecule has 2 saturated heterocycles. The maximum Gasteiger partial charge on any atom is 0.320 e. The van der Waals surface area contributed by atoms with Crippen LogP contribution in [0.2, 0.25) is 0 Å². The summed E-state index contributed by atoms with van der Waals surface area (Å²) in [6.07, 6.45) is 1.96. The number of urea groups is 1. The van der Waals surface area contributed by atoms with Gasteiger partial charge in [-0.15, -0.1) is 0 Å². The van der Waals surface area contributed by atoms with Crippen LogP contribution in [-0.4, -0.2) is 85.7 Å². The van der Waals surface area contributed by atoms with Crippen molar-refractivity contribution in [2.75, 3.05) is 53.0 Å². The van der Waals surface area contributed by atoms with Crippen LogP contribution in [0.3, 0.4) is 0 Å². The second kappa shape index (κ2) is 6.90. The summed E-state index contributed by atoms with van der Waals surface area (Å²) >= 11 is 0. The molecule has 1 unspecified atom stereocenters. The molecule has 2 N–H and O–H groups in total. The van der Waals surface area contributed by atoms with Crippen molar-refractivity contribution in [2.45, 2.75) is 18.9 Å². The number of likely N-dealkylation sites (N-methyl/N-ethyl adjacent to an activating group) is 1. The first kappa shape index (κ1) is 15.1. The number of likely N-dealkylation sites (tertiary alicyclic amines) is 1. The number of hydrogen-bond donors (Lipinski definition) is 1. The monoisotopic (exact) mass is 284 g/mol. The summed E-state index contributed by atoms with van der Waals surface area (Å²) < 4.78 is 5.26. The standard InChI is InChI=1S/C13H24N4O3/c1-15(13(19)17-5-7-20-8-6-17)11-3-2-4-16(9-11)10-12(14)18/h11H,2-10H2,1H3,(H2,14,18). The number of primary amides is 1. The minimum atomic E-state index is -0.312. The van der Waals surface area contributed by atoms with Crippen LogP contribution in [0.1, 0.15) is 12.8 Å². The smallest absolute Gasteiger partial charge is 0.320 e. The number of nitrogens with zero attached hydrogens (tertiary/aromatic N) is 3. The molecule has 20 heavy (non-hydrogen) atoms. The van der Waals surface area contributed by atoms with Crippen molar-refractivity contribution in [3.63, 3.8) is 0 Å². The average Bonchev–Trinajstić information content (AvgIpc) is 2.46. The number of carbonyl (C=O) groups excluding carboxylic acids is 2. The largest absolute Gasteiger partial charge is 0.378 e. The van der Waals surface area contributed by atoms with Crippen LogP contribution in [0.5, 0.6) is 0 Å². The SMILES string of the molecule is CN(C(=O)N1CCOCC1)C1CCCN(CC(N)=O)C1. The van der Waals surface area contributed by atoms with Crippen LogP contribution < -0.4 is 5.73 Å². The molecule has 0 spiro atoms. The zero-order valence-electron chi connectivity index (χ0n) is 12.1. The summed E-state index contributed by atoms with van der Waals surface area (Å²) in [7, 11) is 1.84. The highest BCUT2D eigenvalue weighted by Gasteiger charge is 2.29. The molecule has 3 amide bonds. The lowest BCUT2D eigenvalue weighted by Gasteiger charge is -2.39. The van der Waals surface area contributed by atoms with E-state index in [1.54, 1.807) is 4.90 Å². The van der Waals surface area contributed by atoms with E-state index in [9.17, 15) is 9.59 Å². The summed E-state index contributed by atoms with van der Waals surface area (Å²) in [6, 6.07) is 0.206. The molecule has 7 heteroatoms. The Morgan fingerprint density at radius 2 is 2.00 bits per heavy atom. The zero-order valence-corrected chi connectivity index (χ0v) is 12.1. The second-order valence-electron chi connectivity index (χ2n) is 5.49. The first-order valence-corrected chi connectivity index (χ1v) is 7.18.